The van der Waals surface area contributed by atoms with Crippen molar-refractivity contribution in [3.05, 3.63) is 28.8 Å². The van der Waals surface area contributed by atoms with Gasteiger partial charge in [-0.05, 0) is 18.2 Å². The minimum absolute atomic E-state index is 0.00652. The number of carboxylic acid groups (broad SMARTS) is 1. The molecule has 0 radical (unpaired) electrons. The Morgan fingerprint density at radius 1 is 1.21 bits per heavy atom. The summed E-state index contributed by atoms with van der Waals surface area (Å²) in [7, 11) is 0. The van der Waals surface area contributed by atoms with Gasteiger partial charge in [0.05, 0.1) is 22.8 Å². The third-order valence-corrected chi connectivity index (χ3v) is 3.91. The molecule has 1 heterocycles. The van der Waals surface area contributed by atoms with Crippen molar-refractivity contribution in [2.24, 2.45) is 0 Å². The van der Waals surface area contributed by atoms with Crippen molar-refractivity contribution >= 4 is 29.3 Å². The molecule has 2 N–H and O–H groups in total. The number of halogens is 4. The quantitative estimate of drug-likeness (QED) is 0.863. The van der Waals surface area contributed by atoms with Gasteiger partial charge in [0.2, 0.25) is 5.91 Å². The Labute approximate surface area is 140 Å². The lowest BCUT2D eigenvalue weighted by molar-refractivity contribution is -0.137. The van der Waals surface area contributed by atoms with Crippen LogP contribution in [0.1, 0.15) is 5.56 Å². The molecule has 0 unspecified atom stereocenters. The van der Waals surface area contributed by atoms with Crippen molar-refractivity contribution in [3.8, 4) is 0 Å². The van der Waals surface area contributed by atoms with Gasteiger partial charge in [-0.25, -0.2) is 4.79 Å². The van der Waals surface area contributed by atoms with E-state index in [0.717, 1.165) is 18.2 Å². The molecular weight excluding hydrogens is 351 g/mol. The van der Waals surface area contributed by atoms with Crippen LogP contribution in [0, 0.1) is 0 Å². The zero-order valence-electron chi connectivity index (χ0n) is 12.4. The summed E-state index contributed by atoms with van der Waals surface area (Å²) in [6.07, 6.45) is -5.55. The van der Waals surface area contributed by atoms with Crippen LogP contribution in [-0.2, 0) is 11.0 Å². The number of nitrogens with one attached hydrogen (secondary N) is 1. The van der Waals surface area contributed by atoms with Gasteiger partial charge in [-0.1, -0.05) is 11.6 Å². The highest BCUT2D eigenvalue weighted by Crippen LogP contribution is 2.33. The molecule has 1 aliphatic heterocycles. The number of anilines is 1. The lowest BCUT2D eigenvalue weighted by atomic mass is 10.2. The van der Waals surface area contributed by atoms with Gasteiger partial charge in [-0.2, -0.15) is 13.2 Å². The maximum atomic E-state index is 12.7. The highest BCUT2D eigenvalue weighted by molar-refractivity contribution is 6.33. The first-order valence-corrected chi connectivity index (χ1v) is 7.41. The van der Waals surface area contributed by atoms with Gasteiger partial charge in [-0.15, -0.1) is 0 Å². The zero-order valence-corrected chi connectivity index (χ0v) is 13.2. The number of amides is 2. The molecular formula is C14H15ClF3N3O3. The Morgan fingerprint density at radius 2 is 1.83 bits per heavy atom. The van der Waals surface area contributed by atoms with Crippen LogP contribution in [0.4, 0.5) is 23.7 Å². The van der Waals surface area contributed by atoms with Crippen LogP contribution in [-0.4, -0.2) is 59.6 Å². The first-order valence-electron chi connectivity index (χ1n) is 7.03. The van der Waals surface area contributed by atoms with E-state index >= 15 is 0 Å². The fourth-order valence-electron chi connectivity index (χ4n) is 2.29. The van der Waals surface area contributed by atoms with Gasteiger partial charge in [0, 0.05) is 26.2 Å². The molecule has 0 saturated carbocycles. The monoisotopic (exact) mass is 365 g/mol. The molecule has 0 atom stereocenters. The van der Waals surface area contributed by atoms with Crippen LogP contribution in [0.5, 0.6) is 0 Å². The number of nitrogens with zero attached hydrogens (tertiary/aromatic N) is 2. The second-order valence-corrected chi connectivity index (χ2v) is 5.69. The van der Waals surface area contributed by atoms with E-state index in [-0.39, 0.29) is 30.3 Å². The summed E-state index contributed by atoms with van der Waals surface area (Å²) in [6.45, 7) is 1.23. The Morgan fingerprint density at radius 3 is 2.38 bits per heavy atom. The molecule has 24 heavy (non-hydrogen) atoms. The molecule has 1 aliphatic rings. The van der Waals surface area contributed by atoms with E-state index in [0.29, 0.717) is 13.1 Å². The number of alkyl halides is 3. The van der Waals surface area contributed by atoms with Crippen LogP contribution < -0.4 is 5.32 Å². The molecule has 6 nitrogen and oxygen atoms in total. The molecule has 2 amide bonds. The van der Waals surface area contributed by atoms with E-state index in [1.165, 1.54) is 4.90 Å². The van der Waals surface area contributed by atoms with Crippen molar-refractivity contribution in [1.29, 1.82) is 0 Å². The minimum Gasteiger partial charge on any atom is -0.465 e. The SMILES string of the molecule is O=C(CN1CCN(C(=O)O)CC1)Nc1cc(C(F)(F)F)ccc1Cl. The summed E-state index contributed by atoms with van der Waals surface area (Å²) in [4.78, 5) is 25.7. The van der Waals surface area contributed by atoms with E-state index in [1.54, 1.807) is 4.90 Å². The molecule has 0 spiro atoms. The van der Waals surface area contributed by atoms with Crippen molar-refractivity contribution in [3.63, 3.8) is 0 Å². The summed E-state index contributed by atoms with van der Waals surface area (Å²) in [6, 6.07) is 2.69. The number of hydrogen-bond donors (Lipinski definition) is 2. The van der Waals surface area contributed by atoms with Gasteiger partial charge in [0.25, 0.3) is 0 Å². The van der Waals surface area contributed by atoms with E-state index in [4.69, 9.17) is 16.7 Å². The average Bonchev–Trinajstić information content (AvgIpc) is 2.48. The maximum absolute atomic E-state index is 12.7. The van der Waals surface area contributed by atoms with Gasteiger partial charge in [0.1, 0.15) is 0 Å². The van der Waals surface area contributed by atoms with Crippen LogP contribution in [0.25, 0.3) is 0 Å². The van der Waals surface area contributed by atoms with E-state index in [9.17, 15) is 22.8 Å². The predicted molar refractivity (Wildman–Crippen MR) is 81.1 cm³/mol. The third kappa shape index (κ3) is 4.75. The number of carbonyl (C=O) groups excluding carboxylic acids is 1. The van der Waals surface area contributed by atoms with Gasteiger partial charge >= 0.3 is 12.3 Å². The van der Waals surface area contributed by atoms with Crippen molar-refractivity contribution in [2.45, 2.75) is 6.18 Å². The first kappa shape index (κ1) is 18.3. The summed E-state index contributed by atoms with van der Waals surface area (Å²) in [5, 5.41) is 11.2. The highest BCUT2D eigenvalue weighted by atomic mass is 35.5. The van der Waals surface area contributed by atoms with E-state index in [1.807, 2.05) is 0 Å². The second kappa shape index (κ2) is 7.27. The van der Waals surface area contributed by atoms with Crippen molar-refractivity contribution < 1.29 is 27.9 Å². The predicted octanol–water partition coefficient (Wildman–Crippen LogP) is 2.59. The van der Waals surface area contributed by atoms with Gasteiger partial charge in [-0.3, -0.25) is 9.69 Å². The number of carbonyl (C=O) groups is 2. The summed E-state index contributed by atoms with van der Waals surface area (Å²) in [5.41, 5.74) is -1.02. The Balaban J connectivity index is 1.94. The van der Waals surface area contributed by atoms with E-state index in [2.05, 4.69) is 5.32 Å². The zero-order chi connectivity index (χ0) is 17.9. The molecule has 1 aromatic carbocycles. The summed E-state index contributed by atoms with van der Waals surface area (Å²) in [5.74, 6) is -0.514. The molecule has 0 bridgehead atoms. The lowest BCUT2D eigenvalue weighted by Crippen LogP contribution is -2.50. The largest absolute Gasteiger partial charge is 0.465 e. The van der Waals surface area contributed by atoms with Crippen LogP contribution in [0.3, 0.4) is 0 Å². The second-order valence-electron chi connectivity index (χ2n) is 5.29. The molecule has 1 fully saturated rings. The molecule has 0 aliphatic carbocycles. The van der Waals surface area contributed by atoms with Crippen molar-refractivity contribution in [1.82, 2.24) is 9.80 Å². The average molecular weight is 366 g/mol. The topological polar surface area (TPSA) is 72.9 Å². The molecule has 1 saturated heterocycles. The first-order chi connectivity index (χ1) is 11.2. The number of benzene rings is 1. The smallest absolute Gasteiger partial charge is 0.416 e. The van der Waals surface area contributed by atoms with Gasteiger partial charge < -0.3 is 15.3 Å². The lowest BCUT2D eigenvalue weighted by Gasteiger charge is -2.32. The van der Waals surface area contributed by atoms with E-state index < -0.39 is 23.7 Å². The normalized spacial score (nSPS) is 16.1. The third-order valence-electron chi connectivity index (χ3n) is 3.58. The fraction of sp³-hybridized carbons (Fsp3) is 0.429. The van der Waals surface area contributed by atoms with Crippen LogP contribution in [0.15, 0.2) is 18.2 Å². The Kier molecular flexibility index (Phi) is 5.55. The number of rotatable bonds is 3. The molecule has 2 rings (SSSR count). The Bertz CT molecular complexity index is 631. The number of hydrogen-bond acceptors (Lipinski definition) is 3. The molecule has 10 heteroatoms. The summed E-state index contributed by atoms with van der Waals surface area (Å²) >= 11 is 5.82. The maximum Gasteiger partial charge on any atom is 0.416 e. The highest BCUT2D eigenvalue weighted by Gasteiger charge is 2.31. The molecule has 132 valence electrons. The van der Waals surface area contributed by atoms with Crippen LogP contribution in [0.2, 0.25) is 5.02 Å². The minimum atomic E-state index is -4.53. The Hall–Kier alpha value is -2.00. The number of piperazine rings is 1. The standard InChI is InChI=1S/C14H15ClF3N3O3/c15-10-2-1-9(14(16,17)18)7-11(10)19-12(22)8-20-3-5-21(6-4-20)13(23)24/h1-2,7H,3-6,8H2,(H,19,22)(H,23,24). The van der Waals surface area contributed by atoms with Crippen molar-refractivity contribution in [2.75, 3.05) is 38.0 Å². The molecule has 1 aromatic rings. The van der Waals surface area contributed by atoms with Crippen LogP contribution >= 0.6 is 11.6 Å². The van der Waals surface area contributed by atoms with Gasteiger partial charge in [0.15, 0.2) is 0 Å². The molecule has 0 aromatic heterocycles. The fourth-order valence-corrected chi connectivity index (χ4v) is 2.45. The summed E-state index contributed by atoms with van der Waals surface area (Å²) < 4.78 is 38.1.